The standard InChI is InChI=1S/C15H23NO2/c1-10(2)18-15-6-5-13(7-11(15)3)14-9-17-8-12(4)16-14/h5-7,10,12,14,16H,8-9H2,1-4H3. The van der Waals surface area contributed by atoms with E-state index in [0.29, 0.717) is 12.1 Å². The first-order valence-corrected chi connectivity index (χ1v) is 6.67. The van der Waals surface area contributed by atoms with Gasteiger partial charge in [-0.1, -0.05) is 12.1 Å². The summed E-state index contributed by atoms with van der Waals surface area (Å²) >= 11 is 0. The summed E-state index contributed by atoms with van der Waals surface area (Å²) in [5.41, 5.74) is 2.45. The van der Waals surface area contributed by atoms with Crippen molar-refractivity contribution in [2.75, 3.05) is 13.2 Å². The number of hydrogen-bond donors (Lipinski definition) is 1. The van der Waals surface area contributed by atoms with Gasteiger partial charge in [0, 0.05) is 6.04 Å². The zero-order valence-corrected chi connectivity index (χ0v) is 11.7. The van der Waals surface area contributed by atoms with Crippen LogP contribution in [0.3, 0.4) is 0 Å². The van der Waals surface area contributed by atoms with E-state index in [1.54, 1.807) is 0 Å². The number of morpholine rings is 1. The molecule has 18 heavy (non-hydrogen) atoms. The van der Waals surface area contributed by atoms with Crippen molar-refractivity contribution in [2.45, 2.75) is 45.9 Å². The van der Waals surface area contributed by atoms with E-state index in [9.17, 15) is 0 Å². The van der Waals surface area contributed by atoms with Gasteiger partial charge in [0.2, 0.25) is 0 Å². The number of benzene rings is 1. The topological polar surface area (TPSA) is 30.5 Å². The molecule has 0 bridgehead atoms. The Morgan fingerprint density at radius 2 is 2.11 bits per heavy atom. The molecule has 3 heteroatoms. The van der Waals surface area contributed by atoms with E-state index >= 15 is 0 Å². The maximum Gasteiger partial charge on any atom is 0.122 e. The summed E-state index contributed by atoms with van der Waals surface area (Å²) in [5, 5.41) is 3.55. The molecule has 0 radical (unpaired) electrons. The van der Waals surface area contributed by atoms with Crippen LogP contribution < -0.4 is 10.1 Å². The molecule has 0 aliphatic carbocycles. The molecule has 100 valence electrons. The van der Waals surface area contributed by atoms with Crippen LogP contribution >= 0.6 is 0 Å². The predicted molar refractivity (Wildman–Crippen MR) is 73.1 cm³/mol. The first-order valence-electron chi connectivity index (χ1n) is 6.67. The summed E-state index contributed by atoms with van der Waals surface area (Å²) < 4.78 is 11.3. The Hall–Kier alpha value is -1.06. The van der Waals surface area contributed by atoms with E-state index in [0.717, 1.165) is 19.0 Å². The highest BCUT2D eigenvalue weighted by Gasteiger charge is 2.20. The van der Waals surface area contributed by atoms with Crippen LogP contribution in [0.5, 0.6) is 5.75 Å². The fraction of sp³-hybridized carbons (Fsp3) is 0.600. The lowest BCUT2D eigenvalue weighted by Gasteiger charge is -2.29. The molecule has 1 aromatic rings. The van der Waals surface area contributed by atoms with Crippen LogP contribution in [0.2, 0.25) is 0 Å². The van der Waals surface area contributed by atoms with Gasteiger partial charge < -0.3 is 14.8 Å². The number of ether oxygens (including phenoxy) is 2. The lowest BCUT2D eigenvalue weighted by atomic mass is 10.0. The molecule has 1 aliphatic heterocycles. The fourth-order valence-corrected chi connectivity index (χ4v) is 2.27. The molecule has 1 N–H and O–H groups in total. The zero-order valence-electron chi connectivity index (χ0n) is 11.7. The molecule has 3 nitrogen and oxygen atoms in total. The van der Waals surface area contributed by atoms with E-state index in [4.69, 9.17) is 9.47 Å². The summed E-state index contributed by atoms with van der Waals surface area (Å²) in [6, 6.07) is 7.09. The highest BCUT2D eigenvalue weighted by Crippen LogP contribution is 2.25. The quantitative estimate of drug-likeness (QED) is 0.893. The van der Waals surface area contributed by atoms with Crippen LogP contribution in [-0.4, -0.2) is 25.4 Å². The molecular formula is C15H23NO2. The summed E-state index contributed by atoms with van der Waals surface area (Å²) in [4.78, 5) is 0. The molecule has 1 aliphatic rings. The summed E-state index contributed by atoms with van der Waals surface area (Å²) in [5.74, 6) is 0.971. The minimum Gasteiger partial charge on any atom is -0.491 e. The second-order valence-electron chi connectivity index (χ2n) is 5.35. The van der Waals surface area contributed by atoms with E-state index in [-0.39, 0.29) is 6.10 Å². The molecule has 2 atom stereocenters. The van der Waals surface area contributed by atoms with Gasteiger partial charge in [0.25, 0.3) is 0 Å². The number of hydrogen-bond acceptors (Lipinski definition) is 3. The average Bonchev–Trinajstić information content (AvgIpc) is 2.31. The van der Waals surface area contributed by atoms with Crippen LogP contribution in [0.25, 0.3) is 0 Å². The Kier molecular flexibility index (Phi) is 4.25. The van der Waals surface area contributed by atoms with Crippen LogP contribution in [0.15, 0.2) is 18.2 Å². The highest BCUT2D eigenvalue weighted by molar-refractivity contribution is 5.37. The van der Waals surface area contributed by atoms with Crippen LogP contribution in [0, 0.1) is 6.92 Å². The Labute approximate surface area is 109 Å². The Bertz CT molecular complexity index is 403. The molecule has 0 spiro atoms. The molecule has 2 rings (SSSR count). The predicted octanol–water partition coefficient (Wildman–Crippen LogP) is 2.83. The van der Waals surface area contributed by atoms with E-state index in [1.165, 1.54) is 11.1 Å². The van der Waals surface area contributed by atoms with Crippen molar-refractivity contribution < 1.29 is 9.47 Å². The molecule has 1 aromatic carbocycles. The zero-order chi connectivity index (χ0) is 13.1. The maximum absolute atomic E-state index is 5.76. The third-order valence-electron chi connectivity index (χ3n) is 3.10. The van der Waals surface area contributed by atoms with E-state index in [2.05, 4.69) is 37.4 Å². The van der Waals surface area contributed by atoms with Gasteiger partial charge in [-0.3, -0.25) is 0 Å². The number of aryl methyl sites for hydroxylation is 1. The Morgan fingerprint density at radius 1 is 1.33 bits per heavy atom. The van der Waals surface area contributed by atoms with Gasteiger partial charge in [-0.15, -0.1) is 0 Å². The summed E-state index contributed by atoms with van der Waals surface area (Å²) in [6.07, 6.45) is 0.214. The third-order valence-corrected chi connectivity index (χ3v) is 3.10. The average molecular weight is 249 g/mol. The lowest BCUT2D eigenvalue weighted by molar-refractivity contribution is 0.0503. The first-order chi connectivity index (χ1) is 8.56. The van der Waals surface area contributed by atoms with Gasteiger partial charge in [-0.05, 0) is 44.9 Å². The van der Waals surface area contributed by atoms with Gasteiger partial charge in [0.05, 0.1) is 25.4 Å². The summed E-state index contributed by atoms with van der Waals surface area (Å²) in [7, 11) is 0. The first kappa shape index (κ1) is 13.4. The van der Waals surface area contributed by atoms with Gasteiger partial charge in [0.1, 0.15) is 5.75 Å². The molecule has 0 aromatic heterocycles. The summed E-state index contributed by atoms with van der Waals surface area (Å²) in [6.45, 7) is 9.87. The molecule has 2 unspecified atom stereocenters. The van der Waals surface area contributed by atoms with Crippen molar-refractivity contribution in [3.63, 3.8) is 0 Å². The minimum absolute atomic E-state index is 0.214. The molecule has 1 heterocycles. The molecule has 1 saturated heterocycles. The highest BCUT2D eigenvalue weighted by atomic mass is 16.5. The maximum atomic E-state index is 5.76. The normalized spacial score (nSPS) is 24.3. The van der Waals surface area contributed by atoms with E-state index < -0.39 is 0 Å². The SMILES string of the molecule is Cc1cc(C2COCC(C)N2)ccc1OC(C)C. The van der Waals surface area contributed by atoms with Crippen molar-refractivity contribution in [2.24, 2.45) is 0 Å². The second kappa shape index (κ2) is 5.72. The van der Waals surface area contributed by atoms with Crippen molar-refractivity contribution >= 4 is 0 Å². The molecular weight excluding hydrogens is 226 g/mol. The van der Waals surface area contributed by atoms with Crippen LogP contribution in [-0.2, 0) is 4.74 Å². The number of rotatable bonds is 3. The van der Waals surface area contributed by atoms with Crippen molar-refractivity contribution in [1.82, 2.24) is 5.32 Å². The fourth-order valence-electron chi connectivity index (χ4n) is 2.27. The van der Waals surface area contributed by atoms with Crippen molar-refractivity contribution in [3.8, 4) is 5.75 Å². The van der Waals surface area contributed by atoms with Gasteiger partial charge >= 0.3 is 0 Å². The minimum atomic E-state index is 0.214. The Morgan fingerprint density at radius 3 is 2.72 bits per heavy atom. The van der Waals surface area contributed by atoms with Crippen molar-refractivity contribution in [1.29, 1.82) is 0 Å². The molecule has 0 amide bonds. The van der Waals surface area contributed by atoms with Crippen LogP contribution in [0.4, 0.5) is 0 Å². The Balaban J connectivity index is 2.12. The molecule has 1 fully saturated rings. The van der Waals surface area contributed by atoms with Gasteiger partial charge in [-0.25, -0.2) is 0 Å². The lowest BCUT2D eigenvalue weighted by Crippen LogP contribution is -2.41. The third kappa shape index (κ3) is 3.24. The van der Waals surface area contributed by atoms with Gasteiger partial charge in [0.15, 0.2) is 0 Å². The van der Waals surface area contributed by atoms with Gasteiger partial charge in [-0.2, -0.15) is 0 Å². The second-order valence-corrected chi connectivity index (χ2v) is 5.35. The number of nitrogens with one attached hydrogen (secondary N) is 1. The molecule has 0 saturated carbocycles. The van der Waals surface area contributed by atoms with Crippen LogP contribution in [0.1, 0.15) is 37.9 Å². The monoisotopic (exact) mass is 249 g/mol. The van der Waals surface area contributed by atoms with Crippen molar-refractivity contribution in [3.05, 3.63) is 29.3 Å². The smallest absolute Gasteiger partial charge is 0.122 e. The van der Waals surface area contributed by atoms with E-state index in [1.807, 2.05) is 13.8 Å². The largest absolute Gasteiger partial charge is 0.491 e.